The van der Waals surface area contributed by atoms with Gasteiger partial charge in [-0.2, -0.15) is 65.9 Å². The van der Waals surface area contributed by atoms with E-state index in [-0.39, 0.29) is 11.9 Å². The molecule has 0 aliphatic heterocycles. The number of allylic oxidation sites excluding steroid dienone is 2. The molecule has 0 saturated carbocycles. The molecule has 0 amide bonds. The molecule has 0 bridgehead atoms. The fourth-order valence-electron chi connectivity index (χ4n) is 8.97. The molecular weight excluding hydrogens is 1190 g/mol. The van der Waals surface area contributed by atoms with Crippen molar-refractivity contribution < 1.29 is 75.4 Å². The van der Waals surface area contributed by atoms with E-state index < -0.39 is 60.7 Å². The van der Waals surface area contributed by atoms with Gasteiger partial charge in [-0.1, -0.05) is 265 Å². The van der Waals surface area contributed by atoms with E-state index in [0.29, 0.717) is 19.3 Å². The van der Waals surface area contributed by atoms with Crippen LogP contribution in [0.1, 0.15) is 310 Å². The van der Waals surface area contributed by atoms with Crippen molar-refractivity contribution in [1.29, 1.82) is 0 Å². The highest BCUT2D eigenvalue weighted by Crippen LogP contribution is 2.70. The molecule has 0 spiro atoms. The molecule has 0 fully saturated rings. The Morgan fingerprint density at radius 3 is 0.855 bits per heavy atom. The Labute approximate surface area is 506 Å². The average Bonchev–Trinajstić information content (AvgIpc) is 3.00. The Morgan fingerprint density at radius 2 is 0.566 bits per heavy atom. The van der Waals surface area contributed by atoms with E-state index in [0.717, 1.165) is 32.1 Å². The molecule has 0 aromatic heterocycles. The predicted octanol–water partition coefficient (Wildman–Crippen LogP) is 27.1. The topological polar surface area (TPSA) is 26.3 Å². The molecule has 0 aromatic carbocycles. The number of halogens is 15. The van der Waals surface area contributed by atoms with Crippen LogP contribution in [0.3, 0.4) is 0 Å². The summed E-state index contributed by atoms with van der Waals surface area (Å²) in [7, 11) is 0. The standard InChI is InChI=1S/C36H75PS3.C26H35F15O2/c1-4-7-10-13-16-19-22-25-28-31-34-38-37(39-35-32-29-26-23-20-17-14-11-8-5-2)40-36-33-30-27-24-21-18-15-12-9-6-3;1-2-3-4-5-6-7-8-9-10-11-12-13-14-15-16-17-19(42)43-18-20(27,28)21(29,30)22(31,32)23(33,34)24(35,36)25(37,38)26(39,40)41/h4-36H2,1-3H3;9-10H,2-8,11-18H2,1H3/b;10-9-. The number of unbranched alkanes of at least 4 members (excludes halogenated alkanes) is 38. The number of ether oxygens (including phenoxy) is 1. The lowest BCUT2D eigenvalue weighted by Gasteiger charge is -2.41. The first-order valence-electron chi connectivity index (χ1n) is 32.1. The molecule has 0 rings (SSSR count). The molecule has 0 radical (unpaired) electrons. The summed E-state index contributed by atoms with van der Waals surface area (Å²) in [6.07, 6.45) is 50.5. The van der Waals surface area contributed by atoms with Gasteiger partial charge in [0.1, 0.15) is 0 Å². The van der Waals surface area contributed by atoms with Gasteiger partial charge >= 0.3 is 47.7 Å². The highest BCUT2D eigenvalue weighted by atomic mass is 33.4. The first-order chi connectivity index (χ1) is 39.3. The van der Waals surface area contributed by atoms with Gasteiger partial charge in [0.25, 0.3) is 0 Å². The summed E-state index contributed by atoms with van der Waals surface area (Å²) >= 11 is 7.06. The van der Waals surface area contributed by atoms with E-state index in [1.165, 1.54) is 236 Å². The number of carbonyl (C=O) groups is 1. The van der Waals surface area contributed by atoms with Crippen LogP contribution in [0.25, 0.3) is 0 Å². The Kier molecular flexibility index (Phi) is 52.4. The van der Waals surface area contributed by atoms with Gasteiger partial charge in [0.05, 0.1) is 5.53 Å². The fraction of sp³-hybridized carbons (Fsp3) is 0.952. The molecule has 0 aliphatic rings. The van der Waals surface area contributed by atoms with Gasteiger partial charge in [-0.25, -0.2) is 0 Å². The molecule has 0 unspecified atom stereocenters. The van der Waals surface area contributed by atoms with Crippen LogP contribution in [0.2, 0.25) is 0 Å². The van der Waals surface area contributed by atoms with Crippen LogP contribution < -0.4 is 0 Å². The lowest BCUT2D eigenvalue weighted by molar-refractivity contribution is -0.453. The third-order valence-corrected chi connectivity index (χ3v) is 25.8. The van der Waals surface area contributed by atoms with Crippen molar-refractivity contribution >= 4 is 45.6 Å². The lowest BCUT2D eigenvalue weighted by atomic mass is 9.91. The average molecular weight is 1300 g/mol. The van der Waals surface area contributed by atoms with E-state index in [2.05, 4.69) is 72.7 Å². The third kappa shape index (κ3) is 38.7. The maximum atomic E-state index is 13.7. The molecule has 83 heavy (non-hydrogen) atoms. The minimum Gasteiger partial charge on any atom is -0.459 e. The maximum Gasteiger partial charge on any atom is 0.460 e. The minimum atomic E-state index is -8.36. The Bertz CT molecular complexity index is 1450. The van der Waals surface area contributed by atoms with Crippen molar-refractivity contribution in [2.45, 2.75) is 352 Å². The van der Waals surface area contributed by atoms with Crippen molar-refractivity contribution in [2.24, 2.45) is 0 Å². The lowest BCUT2D eigenvalue weighted by Crippen LogP contribution is -2.73. The van der Waals surface area contributed by atoms with Crippen LogP contribution in [0.4, 0.5) is 65.9 Å². The van der Waals surface area contributed by atoms with E-state index in [1.807, 2.05) is 6.08 Å². The summed E-state index contributed by atoms with van der Waals surface area (Å²) in [6.45, 7) is 5.99. The summed E-state index contributed by atoms with van der Waals surface area (Å²) in [4.78, 5) is 11.5. The summed E-state index contributed by atoms with van der Waals surface area (Å²) in [5, 5.41) is 0. The quantitative estimate of drug-likeness (QED) is 0.0199. The first kappa shape index (κ1) is 84.7. The van der Waals surface area contributed by atoms with Crippen LogP contribution in [-0.2, 0) is 9.53 Å². The zero-order valence-corrected chi connectivity index (χ0v) is 54.6. The second-order valence-corrected chi connectivity index (χ2v) is 32.5. The van der Waals surface area contributed by atoms with Gasteiger partial charge in [-0.05, 0) is 68.6 Å². The highest BCUT2D eigenvalue weighted by Gasteiger charge is 2.93. The van der Waals surface area contributed by atoms with Crippen LogP contribution in [0.15, 0.2) is 12.2 Å². The summed E-state index contributed by atoms with van der Waals surface area (Å²) in [5.41, 5.74) is 0.0804. The smallest absolute Gasteiger partial charge is 0.459 e. The van der Waals surface area contributed by atoms with Crippen LogP contribution in [0, 0.1) is 0 Å². The zero-order valence-electron chi connectivity index (χ0n) is 51.3. The molecule has 0 heterocycles. The van der Waals surface area contributed by atoms with Crippen LogP contribution in [-0.4, -0.2) is 71.5 Å². The Balaban J connectivity index is 0. The van der Waals surface area contributed by atoms with Crippen molar-refractivity contribution in [1.82, 2.24) is 0 Å². The normalized spacial score (nSPS) is 13.2. The van der Waals surface area contributed by atoms with Crippen molar-refractivity contribution in [3.63, 3.8) is 0 Å². The van der Waals surface area contributed by atoms with E-state index in [9.17, 15) is 70.7 Å². The zero-order chi connectivity index (χ0) is 62.8. The van der Waals surface area contributed by atoms with E-state index in [4.69, 9.17) is 0 Å². The highest BCUT2D eigenvalue weighted by molar-refractivity contribution is 9.12. The van der Waals surface area contributed by atoms with Gasteiger partial charge in [-0.3, -0.25) is 4.79 Å². The fourth-order valence-corrected chi connectivity index (χ4v) is 19.9. The third-order valence-electron chi connectivity index (χ3n) is 14.5. The van der Waals surface area contributed by atoms with E-state index in [1.54, 1.807) is 0 Å². The first-order valence-corrected chi connectivity index (χ1v) is 38.2. The molecule has 21 heteroatoms. The molecule has 0 aliphatic carbocycles. The van der Waals surface area contributed by atoms with Gasteiger partial charge in [0.2, 0.25) is 0 Å². The van der Waals surface area contributed by atoms with Gasteiger partial charge in [0, 0.05) is 6.42 Å². The molecule has 0 N–H and O–H groups in total. The molecule has 0 saturated heterocycles. The van der Waals surface area contributed by atoms with Crippen LogP contribution >= 0.6 is 39.7 Å². The summed E-state index contributed by atoms with van der Waals surface area (Å²) < 4.78 is 201. The van der Waals surface area contributed by atoms with Crippen LogP contribution in [0.5, 0.6) is 0 Å². The Morgan fingerprint density at radius 1 is 0.325 bits per heavy atom. The molecule has 2 nitrogen and oxygen atoms in total. The van der Waals surface area contributed by atoms with Gasteiger partial charge in [0.15, 0.2) is 6.61 Å². The molecule has 498 valence electrons. The van der Waals surface area contributed by atoms with Crippen molar-refractivity contribution in [3.05, 3.63) is 12.2 Å². The van der Waals surface area contributed by atoms with E-state index >= 15 is 0 Å². The number of rotatable bonds is 58. The molecule has 0 aromatic rings. The number of hydrogen-bond acceptors (Lipinski definition) is 5. The summed E-state index contributed by atoms with van der Waals surface area (Å²) in [6, 6.07) is 0. The minimum absolute atomic E-state index is 0.0539. The maximum absolute atomic E-state index is 13.7. The van der Waals surface area contributed by atoms with Crippen molar-refractivity contribution in [2.75, 3.05) is 23.9 Å². The largest absolute Gasteiger partial charge is 0.460 e. The van der Waals surface area contributed by atoms with Gasteiger partial charge in [-0.15, -0.1) is 34.1 Å². The predicted molar refractivity (Wildman–Crippen MR) is 326 cm³/mol. The monoisotopic (exact) mass is 1300 g/mol. The summed E-state index contributed by atoms with van der Waals surface area (Å²) in [5.74, 6) is -44.6. The van der Waals surface area contributed by atoms with Crippen molar-refractivity contribution in [3.8, 4) is 0 Å². The number of esters is 1. The number of alkyl halides is 15. The molecule has 0 atom stereocenters. The Hall–Kier alpha value is -0.360. The second-order valence-electron chi connectivity index (χ2n) is 22.3. The SMILES string of the molecule is CCCCCCCC/C=C\CCCCCCCC(=O)OCC(F)(F)C(F)(F)C(F)(F)C(F)(F)C(F)(F)C(F)(F)C(F)(F)F.CCCCCCCCCCCCSP(SCCCCCCCCCCCC)SCCCCCCCCCCCC. The molecular formula is C62H110F15O2PS3. The number of hydrogen-bond donors (Lipinski definition) is 0. The second kappa shape index (κ2) is 51.4. The number of carbonyl (C=O) groups excluding carboxylic acids is 1. The van der Waals surface area contributed by atoms with Gasteiger partial charge < -0.3 is 4.74 Å².